The summed E-state index contributed by atoms with van der Waals surface area (Å²) in [5.74, 6) is 0. The Balaban J connectivity index is 1.66. The first-order valence-electron chi connectivity index (χ1n) is 8.53. The van der Waals surface area contributed by atoms with Gasteiger partial charge in [0.05, 0.1) is 6.17 Å². The average Bonchev–Trinajstić information content (AvgIpc) is 2.96. The Bertz CT molecular complexity index is 878. The predicted octanol–water partition coefficient (Wildman–Crippen LogP) is 3.13. The minimum absolute atomic E-state index is 0.358. The summed E-state index contributed by atoms with van der Waals surface area (Å²) in [7, 11) is 0. The second-order valence-electron chi connectivity index (χ2n) is 6.61. The fourth-order valence-electron chi connectivity index (χ4n) is 4.25. The molecule has 0 aliphatic carbocycles. The van der Waals surface area contributed by atoms with E-state index in [1.807, 2.05) is 0 Å². The van der Waals surface area contributed by atoms with Gasteiger partial charge in [0.2, 0.25) is 0 Å². The molecule has 1 aromatic heterocycles. The van der Waals surface area contributed by atoms with Crippen LogP contribution in [0, 0.1) is 0 Å². The zero-order valence-electron chi connectivity index (χ0n) is 13.2. The average molecular weight is 303 g/mol. The number of aromatic nitrogens is 1. The summed E-state index contributed by atoms with van der Waals surface area (Å²) in [5.41, 5.74) is 7.31. The molecule has 1 unspecified atom stereocenters. The standard InChI is InChI=1S/C20H21N3/c1-2-6-15-12-22-20(11-14(15)5-1)23-18-8-4-3-7-16(18)17-13-21-10-9-19(17)23/h1-8,20-22H,9-13H2. The van der Waals surface area contributed by atoms with E-state index in [1.165, 1.54) is 33.3 Å². The number of hydrogen-bond acceptors (Lipinski definition) is 2. The predicted molar refractivity (Wildman–Crippen MR) is 93.4 cm³/mol. The topological polar surface area (TPSA) is 29.0 Å². The number of hydrogen-bond donors (Lipinski definition) is 2. The smallest absolute Gasteiger partial charge is 0.0885 e. The monoisotopic (exact) mass is 303 g/mol. The molecule has 2 aliphatic heterocycles. The van der Waals surface area contributed by atoms with Crippen molar-refractivity contribution in [3.05, 3.63) is 70.9 Å². The lowest BCUT2D eigenvalue weighted by molar-refractivity contribution is 0.375. The fraction of sp³-hybridized carbons (Fsp3) is 0.300. The summed E-state index contributed by atoms with van der Waals surface area (Å²) in [6, 6.07) is 17.7. The van der Waals surface area contributed by atoms with Crippen LogP contribution >= 0.6 is 0 Å². The Hall–Kier alpha value is -2.10. The van der Waals surface area contributed by atoms with Gasteiger partial charge in [-0.15, -0.1) is 0 Å². The number of para-hydroxylation sites is 1. The van der Waals surface area contributed by atoms with Crippen molar-refractivity contribution in [2.75, 3.05) is 6.54 Å². The molecule has 0 radical (unpaired) electrons. The lowest BCUT2D eigenvalue weighted by Gasteiger charge is -2.30. The lowest BCUT2D eigenvalue weighted by atomic mass is 9.99. The second kappa shape index (κ2) is 5.22. The van der Waals surface area contributed by atoms with E-state index >= 15 is 0 Å². The maximum Gasteiger partial charge on any atom is 0.0885 e. The second-order valence-corrected chi connectivity index (χ2v) is 6.61. The Morgan fingerprint density at radius 1 is 0.913 bits per heavy atom. The van der Waals surface area contributed by atoms with E-state index in [-0.39, 0.29) is 0 Å². The molecule has 3 heteroatoms. The van der Waals surface area contributed by atoms with Crippen molar-refractivity contribution in [3.63, 3.8) is 0 Å². The van der Waals surface area contributed by atoms with E-state index in [4.69, 9.17) is 0 Å². The molecule has 1 atom stereocenters. The van der Waals surface area contributed by atoms with E-state index in [9.17, 15) is 0 Å². The van der Waals surface area contributed by atoms with Gasteiger partial charge >= 0.3 is 0 Å². The minimum atomic E-state index is 0.358. The first-order valence-corrected chi connectivity index (χ1v) is 8.53. The summed E-state index contributed by atoms with van der Waals surface area (Å²) in [4.78, 5) is 0. The third-order valence-electron chi connectivity index (χ3n) is 5.34. The molecule has 116 valence electrons. The summed E-state index contributed by atoms with van der Waals surface area (Å²) in [5, 5.41) is 8.71. The van der Waals surface area contributed by atoms with Crippen LogP contribution < -0.4 is 10.6 Å². The van der Waals surface area contributed by atoms with Crippen molar-refractivity contribution >= 4 is 10.9 Å². The van der Waals surface area contributed by atoms with Crippen LogP contribution in [0.2, 0.25) is 0 Å². The Morgan fingerprint density at radius 2 is 1.74 bits per heavy atom. The van der Waals surface area contributed by atoms with Gasteiger partial charge in [0, 0.05) is 49.1 Å². The maximum atomic E-state index is 3.76. The van der Waals surface area contributed by atoms with Crippen molar-refractivity contribution in [1.29, 1.82) is 0 Å². The number of fused-ring (bicyclic) bond motifs is 4. The molecule has 2 aliphatic rings. The molecule has 0 bridgehead atoms. The van der Waals surface area contributed by atoms with Gasteiger partial charge in [-0.3, -0.25) is 5.32 Å². The third kappa shape index (κ3) is 2.04. The molecule has 3 nitrogen and oxygen atoms in total. The number of nitrogens with zero attached hydrogens (tertiary/aromatic N) is 1. The third-order valence-corrected chi connectivity index (χ3v) is 5.34. The molecule has 5 rings (SSSR count). The van der Waals surface area contributed by atoms with Crippen molar-refractivity contribution in [3.8, 4) is 0 Å². The van der Waals surface area contributed by atoms with Crippen LogP contribution in [0.15, 0.2) is 48.5 Å². The molecule has 0 fully saturated rings. The fourth-order valence-corrected chi connectivity index (χ4v) is 4.25. The first-order chi connectivity index (χ1) is 11.4. The molecule has 2 N–H and O–H groups in total. The first kappa shape index (κ1) is 13.3. The van der Waals surface area contributed by atoms with Gasteiger partial charge in [0.25, 0.3) is 0 Å². The van der Waals surface area contributed by atoms with Crippen LogP contribution in [0.5, 0.6) is 0 Å². The van der Waals surface area contributed by atoms with Crippen LogP contribution in [0.25, 0.3) is 10.9 Å². The summed E-state index contributed by atoms with van der Waals surface area (Å²) in [6.07, 6.45) is 2.54. The molecular weight excluding hydrogens is 282 g/mol. The van der Waals surface area contributed by atoms with Gasteiger partial charge in [0.15, 0.2) is 0 Å². The molecule has 23 heavy (non-hydrogen) atoms. The Labute approximate surface area is 136 Å². The molecule has 0 saturated heterocycles. The molecular formula is C20H21N3. The van der Waals surface area contributed by atoms with E-state index in [0.29, 0.717) is 6.17 Å². The quantitative estimate of drug-likeness (QED) is 0.723. The van der Waals surface area contributed by atoms with Crippen LogP contribution in [0.3, 0.4) is 0 Å². The maximum absolute atomic E-state index is 3.76. The van der Waals surface area contributed by atoms with E-state index in [1.54, 1.807) is 0 Å². The number of rotatable bonds is 1. The largest absolute Gasteiger partial charge is 0.328 e. The molecule has 3 aromatic rings. The van der Waals surface area contributed by atoms with Gasteiger partial charge in [-0.25, -0.2) is 0 Å². The van der Waals surface area contributed by atoms with Crippen molar-refractivity contribution < 1.29 is 0 Å². The van der Waals surface area contributed by atoms with Crippen molar-refractivity contribution in [2.45, 2.75) is 32.1 Å². The van der Waals surface area contributed by atoms with Crippen LogP contribution in [0.1, 0.15) is 28.6 Å². The molecule has 2 aromatic carbocycles. The van der Waals surface area contributed by atoms with Gasteiger partial charge in [0.1, 0.15) is 0 Å². The van der Waals surface area contributed by atoms with Gasteiger partial charge in [-0.05, 0) is 22.8 Å². The normalized spacial score (nSPS) is 20.3. The number of nitrogens with one attached hydrogen (secondary N) is 2. The zero-order chi connectivity index (χ0) is 15.2. The molecule has 0 saturated carbocycles. The van der Waals surface area contributed by atoms with Crippen LogP contribution in [0.4, 0.5) is 0 Å². The number of benzene rings is 2. The Morgan fingerprint density at radius 3 is 2.70 bits per heavy atom. The zero-order valence-corrected chi connectivity index (χ0v) is 13.2. The van der Waals surface area contributed by atoms with Gasteiger partial charge < -0.3 is 9.88 Å². The highest BCUT2D eigenvalue weighted by Gasteiger charge is 2.26. The van der Waals surface area contributed by atoms with E-state index < -0.39 is 0 Å². The van der Waals surface area contributed by atoms with Gasteiger partial charge in [-0.2, -0.15) is 0 Å². The van der Waals surface area contributed by atoms with Crippen LogP contribution in [-0.4, -0.2) is 11.1 Å². The van der Waals surface area contributed by atoms with Crippen molar-refractivity contribution in [1.82, 2.24) is 15.2 Å². The van der Waals surface area contributed by atoms with Crippen LogP contribution in [-0.2, 0) is 25.9 Å². The lowest BCUT2D eigenvalue weighted by Crippen LogP contribution is -2.35. The van der Waals surface area contributed by atoms with Crippen molar-refractivity contribution in [2.24, 2.45) is 0 Å². The summed E-state index contributed by atoms with van der Waals surface area (Å²) in [6.45, 7) is 3.03. The van der Waals surface area contributed by atoms with Gasteiger partial charge in [-0.1, -0.05) is 42.5 Å². The summed E-state index contributed by atoms with van der Waals surface area (Å²) < 4.78 is 2.57. The highest BCUT2D eigenvalue weighted by molar-refractivity contribution is 5.86. The summed E-state index contributed by atoms with van der Waals surface area (Å²) >= 11 is 0. The highest BCUT2D eigenvalue weighted by Crippen LogP contribution is 2.33. The molecule has 0 amide bonds. The SMILES string of the molecule is c1ccc2c(c1)CNC(n1c3c(c4ccccc41)CNCC3)C2. The highest BCUT2D eigenvalue weighted by atomic mass is 15.2. The minimum Gasteiger partial charge on any atom is -0.328 e. The molecule has 0 spiro atoms. The Kier molecular flexibility index (Phi) is 3.03. The van der Waals surface area contributed by atoms with E-state index in [0.717, 1.165) is 32.5 Å². The van der Waals surface area contributed by atoms with E-state index in [2.05, 4.69) is 63.7 Å². The molecule has 3 heterocycles.